The molecule has 0 unspecified atom stereocenters. The van der Waals surface area contributed by atoms with E-state index in [2.05, 4.69) is 17.2 Å². The van der Waals surface area contributed by atoms with Crippen LogP contribution in [0, 0.1) is 11.8 Å². The fraction of sp³-hybridized carbons (Fsp3) is 0.308. The first-order valence-corrected chi connectivity index (χ1v) is 4.95. The summed E-state index contributed by atoms with van der Waals surface area (Å²) >= 11 is 0. The van der Waals surface area contributed by atoms with E-state index in [1.165, 1.54) is 0 Å². The maximum Gasteiger partial charge on any atom is 0.134 e. The lowest BCUT2D eigenvalue weighted by Gasteiger charge is -2.00. The van der Waals surface area contributed by atoms with E-state index in [0.29, 0.717) is 13.0 Å². The molecule has 2 heteroatoms. The molecule has 1 aromatic carbocycles. The zero-order valence-electron chi connectivity index (χ0n) is 9.13. The molecule has 1 aromatic rings. The largest absolute Gasteiger partial charge is 0.309 e. The van der Waals surface area contributed by atoms with Crippen molar-refractivity contribution < 1.29 is 4.79 Å². The fourth-order valence-electron chi connectivity index (χ4n) is 1.29. The van der Waals surface area contributed by atoms with E-state index in [4.69, 9.17) is 0 Å². The third-order valence-electron chi connectivity index (χ3n) is 1.94. The lowest BCUT2D eigenvalue weighted by atomic mass is 10.0. The maximum absolute atomic E-state index is 11.0. The minimum atomic E-state index is 0.165. The van der Waals surface area contributed by atoms with E-state index in [0.717, 1.165) is 11.1 Å². The fourth-order valence-corrected chi connectivity index (χ4v) is 1.29. The molecule has 0 bridgehead atoms. The molecule has 1 N–H and O–H groups in total. The summed E-state index contributed by atoms with van der Waals surface area (Å²) in [6, 6.07) is 7.76. The Balaban J connectivity index is 2.87. The van der Waals surface area contributed by atoms with E-state index < -0.39 is 0 Å². The quantitative estimate of drug-likeness (QED) is 0.749. The molecule has 0 aliphatic heterocycles. The van der Waals surface area contributed by atoms with Crippen LogP contribution in [0.3, 0.4) is 0 Å². The van der Waals surface area contributed by atoms with Gasteiger partial charge in [-0.25, -0.2) is 0 Å². The molecule has 0 spiro atoms. The van der Waals surface area contributed by atoms with Crippen LogP contribution in [0.15, 0.2) is 24.3 Å². The molecule has 0 saturated carbocycles. The molecule has 78 valence electrons. The highest BCUT2D eigenvalue weighted by Gasteiger charge is 2.01. The molecule has 0 amide bonds. The Kier molecular flexibility index (Phi) is 4.59. The summed E-state index contributed by atoms with van der Waals surface area (Å²) in [4.78, 5) is 11.0. The Morgan fingerprint density at radius 1 is 1.40 bits per heavy atom. The van der Waals surface area contributed by atoms with Crippen molar-refractivity contribution in [2.24, 2.45) is 0 Å². The zero-order chi connectivity index (χ0) is 11.1. The van der Waals surface area contributed by atoms with Gasteiger partial charge in [0, 0.05) is 12.0 Å². The molecular formula is C13H15NO. The standard InChI is InChI=1S/C13H15NO/c1-11(15)10-13-7-4-3-6-12(13)8-5-9-14-2/h3-4,6-7,14H,9-10H2,1-2H3. The van der Waals surface area contributed by atoms with Gasteiger partial charge in [-0.1, -0.05) is 30.0 Å². The van der Waals surface area contributed by atoms with Crippen LogP contribution in [0.1, 0.15) is 18.1 Å². The minimum absolute atomic E-state index is 0.165. The molecule has 0 saturated heterocycles. The molecule has 0 heterocycles. The molecule has 15 heavy (non-hydrogen) atoms. The molecule has 0 aromatic heterocycles. The van der Waals surface area contributed by atoms with Gasteiger partial charge in [0.25, 0.3) is 0 Å². The Morgan fingerprint density at radius 2 is 2.13 bits per heavy atom. The summed E-state index contributed by atoms with van der Waals surface area (Å²) in [5.41, 5.74) is 1.96. The van der Waals surface area contributed by atoms with Crippen LogP contribution >= 0.6 is 0 Å². The minimum Gasteiger partial charge on any atom is -0.309 e. The summed E-state index contributed by atoms with van der Waals surface area (Å²) in [5, 5.41) is 2.96. The monoisotopic (exact) mass is 201 g/mol. The predicted octanol–water partition coefficient (Wildman–Crippen LogP) is 1.39. The highest BCUT2D eigenvalue weighted by Crippen LogP contribution is 2.08. The van der Waals surface area contributed by atoms with Crippen LogP contribution in [0.4, 0.5) is 0 Å². The number of hydrogen-bond donors (Lipinski definition) is 1. The summed E-state index contributed by atoms with van der Waals surface area (Å²) in [6.07, 6.45) is 0.463. The Morgan fingerprint density at radius 3 is 2.80 bits per heavy atom. The molecule has 0 atom stereocenters. The second-order valence-corrected chi connectivity index (χ2v) is 3.37. The first-order chi connectivity index (χ1) is 7.24. The van der Waals surface area contributed by atoms with Gasteiger partial charge in [0.2, 0.25) is 0 Å². The number of hydrogen-bond acceptors (Lipinski definition) is 2. The van der Waals surface area contributed by atoms with Gasteiger partial charge >= 0.3 is 0 Å². The molecule has 1 rings (SSSR count). The van der Waals surface area contributed by atoms with E-state index in [9.17, 15) is 4.79 Å². The van der Waals surface area contributed by atoms with Gasteiger partial charge in [0.05, 0.1) is 6.54 Å². The molecule has 0 aliphatic carbocycles. The first kappa shape index (κ1) is 11.5. The SMILES string of the molecule is CNCC#Cc1ccccc1CC(C)=O. The average Bonchev–Trinajstić information content (AvgIpc) is 2.20. The van der Waals surface area contributed by atoms with Gasteiger partial charge in [-0.05, 0) is 25.6 Å². The van der Waals surface area contributed by atoms with Crippen molar-refractivity contribution in [1.82, 2.24) is 5.32 Å². The zero-order valence-corrected chi connectivity index (χ0v) is 9.13. The lowest BCUT2D eigenvalue weighted by Crippen LogP contribution is -2.04. The van der Waals surface area contributed by atoms with Gasteiger partial charge in [0.1, 0.15) is 5.78 Å². The normalized spacial score (nSPS) is 9.20. The van der Waals surface area contributed by atoms with Crippen molar-refractivity contribution >= 4 is 5.78 Å². The lowest BCUT2D eigenvalue weighted by molar-refractivity contribution is -0.116. The Bertz CT molecular complexity index is 398. The third-order valence-corrected chi connectivity index (χ3v) is 1.94. The van der Waals surface area contributed by atoms with Crippen LogP contribution in [0.5, 0.6) is 0 Å². The number of ketones is 1. The van der Waals surface area contributed by atoms with E-state index in [1.807, 2.05) is 31.3 Å². The summed E-state index contributed by atoms with van der Waals surface area (Å²) in [7, 11) is 1.86. The maximum atomic E-state index is 11.0. The summed E-state index contributed by atoms with van der Waals surface area (Å²) in [5.74, 6) is 6.21. The van der Waals surface area contributed by atoms with Crippen molar-refractivity contribution in [3.63, 3.8) is 0 Å². The summed E-state index contributed by atoms with van der Waals surface area (Å²) in [6.45, 7) is 2.26. The molecule has 0 radical (unpaired) electrons. The molecule has 0 fully saturated rings. The van der Waals surface area contributed by atoms with Crippen LogP contribution in [0.25, 0.3) is 0 Å². The Labute approximate surface area is 90.7 Å². The number of Topliss-reactive ketones (excluding diaryl/α,β-unsaturated/α-hetero) is 1. The second kappa shape index (κ2) is 6.00. The van der Waals surface area contributed by atoms with Crippen LogP contribution < -0.4 is 5.32 Å². The predicted molar refractivity (Wildman–Crippen MR) is 61.6 cm³/mol. The van der Waals surface area contributed by atoms with Gasteiger partial charge < -0.3 is 5.32 Å². The van der Waals surface area contributed by atoms with Crippen molar-refractivity contribution in [3.05, 3.63) is 35.4 Å². The van der Waals surface area contributed by atoms with E-state index >= 15 is 0 Å². The summed E-state index contributed by atoms with van der Waals surface area (Å²) < 4.78 is 0. The second-order valence-electron chi connectivity index (χ2n) is 3.37. The van der Waals surface area contributed by atoms with Gasteiger partial charge in [-0.2, -0.15) is 0 Å². The van der Waals surface area contributed by atoms with Crippen molar-refractivity contribution in [2.75, 3.05) is 13.6 Å². The first-order valence-electron chi connectivity index (χ1n) is 4.95. The van der Waals surface area contributed by atoms with Crippen molar-refractivity contribution in [2.45, 2.75) is 13.3 Å². The molecular weight excluding hydrogens is 186 g/mol. The average molecular weight is 201 g/mol. The Hall–Kier alpha value is -1.59. The molecule has 0 aliphatic rings. The van der Waals surface area contributed by atoms with Gasteiger partial charge in [-0.15, -0.1) is 0 Å². The van der Waals surface area contributed by atoms with E-state index in [-0.39, 0.29) is 5.78 Å². The number of carbonyl (C=O) groups excluding carboxylic acids is 1. The van der Waals surface area contributed by atoms with Crippen LogP contribution in [0.2, 0.25) is 0 Å². The van der Waals surface area contributed by atoms with Gasteiger partial charge in [0.15, 0.2) is 0 Å². The number of carbonyl (C=O) groups is 1. The number of nitrogens with one attached hydrogen (secondary N) is 1. The smallest absolute Gasteiger partial charge is 0.134 e. The van der Waals surface area contributed by atoms with Gasteiger partial charge in [-0.3, -0.25) is 4.79 Å². The highest BCUT2D eigenvalue weighted by atomic mass is 16.1. The van der Waals surface area contributed by atoms with E-state index in [1.54, 1.807) is 6.92 Å². The van der Waals surface area contributed by atoms with Crippen molar-refractivity contribution in [3.8, 4) is 11.8 Å². The number of rotatable bonds is 3. The van der Waals surface area contributed by atoms with Crippen molar-refractivity contribution in [1.29, 1.82) is 0 Å². The van der Waals surface area contributed by atoms with Crippen LogP contribution in [-0.2, 0) is 11.2 Å². The topological polar surface area (TPSA) is 29.1 Å². The third kappa shape index (κ3) is 3.97. The highest BCUT2D eigenvalue weighted by molar-refractivity contribution is 5.78. The number of benzene rings is 1. The molecule has 2 nitrogen and oxygen atoms in total. The van der Waals surface area contributed by atoms with Crippen LogP contribution in [-0.4, -0.2) is 19.4 Å².